The lowest BCUT2D eigenvalue weighted by Crippen LogP contribution is -2.34. The van der Waals surface area contributed by atoms with Crippen molar-refractivity contribution in [1.29, 1.82) is 0 Å². The molecule has 0 aliphatic carbocycles. The second-order valence-electron chi connectivity index (χ2n) is 4.05. The van der Waals surface area contributed by atoms with Crippen molar-refractivity contribution in [3.05, 3.63) is 35.9 Å². The lowest BCUT2D eigenvalue weighted by molar-refractivity contribution is -0.141. The van der Waals surface area contributed by atoms with Crippen LogP contribution in [0.15, 0.2) is 30.3 Å². The second-order valence-corrected chi connectivity index (χ2v) is 4.05. The van der Waals surface area contributed by atoms with Crippen LogP contribution in [-0.4, -0.2) is 25.5 Å². The number of ether oxygens (including phenoxy) is 1. The quantitative estimate of drug-likeness (QED) is 0.783. The van der Waals surface area contributed by atoms with Gasteiger partial charge in [0.15, 0.2) is 0 Å². The van der Waals surface area contributed by atoms with Crippen LogP contribution < -0.4 is 5.32 Å². The molecule has 4 heteroatoms. The zero-order chi connectivity index (χ0) is 13.4. The Morgan fingerprint density at radius 1 is 1.28 bits per heavy atom. The third-order valence-corrected chi connectivity index (χ3v) is 2.73. The van der Waals surface area contributed by atoms with Crippen LogP contribution >= 0.6 is 0 Å². The molecule has 98 valence electrons. The molecule has 0 heterocycles. The van der Waals surface area contributed by atoms with E-state index in [9.17, 15) is 9.59 Å². The van der Waals surface area contributed by atoms with Crippen LogP contribution in [0.1, 0.15) is 31.2 Å². The van der Waals surface area contributed by atoms with E-state index in [0.29, 0.717) is 0 Å². The first-order valence-electron chi connectivity index (χ1n) is 6.08. The van der Waals surface area contributed by atoms with Gasteiger partial charge in [-0.25, -0.2) is 0 Å². The molecule has 1 rings (SSSR count). The lowest BCUT2D eigenvalue weighted by Gasteiger charge is -2.16. The first-order valence-corrected chi connectivity index (χ1v) is 6.08. The van der Waals surface area contributed by atoms with E-state index in [1.807, 2.05) is 37.3 Å². The van der Waals surface area contributed by atoms with E-state index in [1.165, 1.54) is 7.11 Å². The van der Waals surface area contributed by atoms with E-state index < -0.39 is 5.97 Å². The molecule has 0 unspecified atom stereocenters. The Bertz CT molecular complexity index is 389. The Morgan fingerprint density at radius 3 is 2.50 bits per heavy atom. The normalized spacial score (nSPS) is 11.7. The van der Waals surface area contributed by atoms with Crippen molar-refractivity contribution in [3.8, 4) is 0 Å². The predicted molar refractivity (Wildman–Crippen MR) is 69.1 cm³/mol. The van der Waals surface area contributed by atoms with Crippen molar-refractivity contribution in [2.75, 3.05) is 13.7 Å². The van der Waals surface area contributed by atoms with Crippen molar-refractivity contribution in [1.82, 2.24) is 5.32 Å². The molecule has 0 aliphatic heterocycles. The molecule has 0 bridgehead atoms. The average molecular weight is 249 g/mol. The monoisotopic (exact) mass is 249 g/mol. The van der Waals surface area contributed by atoms with Crippen LogP contribution in [0.2, 0.25) is 0 Å². The molecule has 0 saturated carbocycles. The van der Waals surface area contributed by atoms with E-state index in [4.69, 9.17) is 0 Å². The van der Waals surface area contributed by atoms with Gasteiger partial charge in [-0.05, 0) is 12.0 Å². The standard InChI is InChI=1S/C14H19NO3/c1-3-7-12(11-8-5-4-6-9-11)14(17)15-10-13(16)18-2/h4-6,8-9,12H,3,7,10H2,1-2H3,(H,15,17)/t12-/m1/s1. The summed E-state index contributed by atoms with van der Waals surface area (Å²) in [4.78, 5) is 23.0. The van der Waals surface area contributed by atoms with Crippen molar-refractivity contribution in [2.45, 2.75) is 25.7 Å². The lowest BCUT2D eigenvalue weighted by atomic mass is 9.94. The van der Waals surface area contributed by atoms with Crippen molar-refractivity contribution in [3.63, 3.8) is 0 Å². The fourth-order valence-corrected chi connectivity index (χ4v) is 1.78. The maximum Gasteiger partial charge on any atom is 0.325 e. The molecule has 0 radical (unpaired) electrons. The molecule has 0 fully saturated rings. The highest BCUT2D eigenvalue weighted by Crippen LogP contribution is 2.21. The summed E-state index contributed by atoms with van der Waals surface area (Å²) in [5, 5.41) is 2.60. The van der Waals surface area contributed by atoms with Gasteiger partial charge in [-0.1, -0.05) is 43.7 Å². The highest BCUT2D eigenvalue weighted by Gasteiger charge is 2.19. The third kappa shape index (κ3) is 4.20. The van der Waals surface area contributed by atoms with Crippen LogP contribution in [0.3, 0.4) is 0 Å². The Hall–Kier alpha value is -1.84. The maximum absolute atomic E-state index is 12.0. The first-order chi connectivity index (χ1) is 8.69. The van der Waals surface area contributed by atoms with Crippen LogP contribution in [0.4, 0.5) is 0 Å². The molecule has 1 N–H and O–H groups in total. The summed E-state index contributed by atoms with van der Waals surface area (Å²) in [6.07, 6.45) is 1.67. The average Bonchev–Trinajstić information content (AvgIpc) is 2.42. The Balaban J connectivity index is 2.67. The molecular formula is C14H19NO3. The largest absolute Gasteiger partial charge is 0.468 e. The molecule has 1 aromatic rings. The van der Waals surface area contributed by atoms with Crippen LogP contribution in [0.25, 0.3) is 0 Å². The summed E-state index contributed by atoms with van der Waals surface area (Å²) in [6, 6.07) is 9.59. The fraction of sp³-hybridized carbons (Fsp3) is 0.429. The first kappa shape index (κ1) is 14.2. The van der Waals surface area contributed by atoms with Gasteiger partial charge in [-0.15, -0.1) is 0 Å². The van der Waals surface area contributed by atoms with Gasteiger partial charge in [0, 0.05) is 0 Å². The summed E-state index contributed by atoms with van der Waals surface area (Å²) in [7, 11) is 1.30. The molecule has 0 spiro atoms. The van der Waals surface area contributed by atoms with E-state index in [0.717, 1.165) is 18.4 Å². The number of nitrogens with one attached hydrogen (secondary N) is 1. The predicted octanol–water partition coefficient (Wildman–Crippen LogP) is 1.86. The summed E-state index contributed by atoms with van der Waals surface area (Å²) in [6.45, 7) is 1.95. The van der Waals surface area contributed by atoms with Gasteiger partial charge in [-0.2, -0.15) is 0 Å². The van der Waals surface area contributed by atoms with Crippen LogP contribution in [-0.2, 0) is 14.3 Å². The summed E-state index contributed by atoms with van der Waals surface area (Å²) in [5.41, 5.74) is 0.974. The molecule has 0 aromatic heterocycles. The highest BCUT2D eigenvalue weighted by molar-refractivity contribution is 5.86. The van der Waals surface area contributed by atoms with Gasteiger partial charge >= 0.3 is 5.97 Å². The number of carbonyl (C=O) groups excluding carboxylic acids is 2. The molecule has 1 amide bonds. The van der Waals surface area contributed by atoms with Crippen molar-refractivity contribution >= 4 is 11.9 Å². The van der Waals surface area contributed by atoms with Gasteiger partial charge in [0.2, 0.25) is 5.91 Å². The zero-order valence-electron chi connectivity index (χ0n) is 10.8. The van der Waals surface area contributed by atoms with Crippen molar-refractivity contribution < 1.29 is 14.3 Å². The van der Waals surface area contributed by atoms with E-state index in [-0.39, 0.29) is 18.4 Å². The SMILES string of the molecule is CCC[C@@H](C(=O)NCC(=O)OC)c1ccccc1. The molecule has 1 atom stereocenters. The Labute approximate surface area is 107 Å². The number of rotatable bonds is 6. The number of hydrogen-bond donors (Lipinski definition) is 1. The Morgan fingerprint density at radius 2 is 1.94 bits per heavy atom. The minimum Gasteiger partial charge on any atom is -0.468 e. The van der Waals surface area contributed by atoms with E-state index >= 15 is 0 Å². The molecule has 0 aliphatic rings. The number of benzene rings is 1. The molecular weight excluding hydrogens is 230 g/mol. The number of amides is 1. The zero-order valence-corrected chi connectivity index (χ0v) is 10.8. The highest BCUT2D eigenvalue weighted by atomic mass is 16.5. The summed E-state index contributed by atoms with van der Waals surface area (Å²) in [5.74, 6) is -0.777. The Kier molecular flexibility index (Phi) is 5.91. The minimum atomic E-state index is -0.438. The van der Waals surface area contributed by atoms with Gasteiger partial charge in [0.1, 0.15) is 6.54 Å². The van der Waals surface area contributed by atoms with E-state index in [1.54, 1.807) is 0 Å². The second kappa shape index (κ2) is 7.48. The van der Waals surface area contributed by atoms with Gasteiger partial charge in [0.25, 0.3) is 0 Å². The minimum absolute atomic E-state index is 0.0810. The summed E-state index contributed by atoms with van der Waals surface area (Å²) >= 11 is 0. The number of hydrogen-bond acceptors (Lipinski definition) is 3. The van der Waals surface area contributed by atoms with Gasteiger partial charge < -0.3 is 10.1 Å². The molecule has 4 nitrogen and oxygen atoms in total. The topological polar surface area (TPSA) is 55.4 Å². The van der Waals surface area contributed by atoms with Crippen LogP contribution in [0, 0.1) is 0 Å². The number of carbonyl (C=O) groups is 2. The molecule has 1 aromatic carbocycles. The number of esters is 1. The van der Waals surface area contributed by atoms with Gasteiger partial charge in [0.05, 0.1) is 13.0 Å². The molecule has 0 saturated heterocycles. The number of methoxy groups -OCH3 is 1. The maximum atomic E-state index is 12.0. The van der Waals surface area contributed by atoms with Crippen molar-refractivity contribution in [2.24, 2.45) is 0 Å². The molecule has 18 heavy (non-hydrogen) atoms. The summed E-state index contributed by atoms with van der Waals surface area (Å²) < 4.78 is 4.49. The third-order valence-electron chi connectivity index (χ3n) is 2.73. The van der Waals surface area contributed by atoms with Gasteiger partial charge in [-0.3, -0.25) is 9.59 Å². The fourth-order valence-electron chi connectivity index (χ4n) is 1.78. The van der Waals surface area contributed by atoms with E-state index in [2.05, 4.69) is 10.1 Å². The smallest absolute Gasteiger partial charge is 0.325 e. The van der Waals surface area contributed by atoms with Crippen LogP contribution in [0.5, 0.6) is 0 Å².